The number of Topliss-reactive ketones (excluding diaryl/α,β-unsaturated/α-hetero) is 1. The monoisotopic (exact) mass is 514 g/mol. The fourth-order valence-electron chi connectivity index (χ4n) is 4.90. The molecular weight excluding hydrogens is 484 g/mol. The van der Waals surface area contributed by atoms with Crippen molar-refractivity contribution in [2.24, 2.45) is 7.05 Å². The first-order chi connectivity index (χ1) is 18.4. The quantitative estimate of drug-likeness (QED) is 0.368. The molecule has 2 fully saturated rings. The molecule has 1 saturated heterocycles. The van der Waals surface area contributed by atoms with Crippen LogP contribution in [-0.2, 0) is 23.0 Å². The second kappa shape index (κ2) is 10.0. The van der Waals surface area contributed by atoms with Crippen molar-refractivity contribution in [3.05, 3.63) is 64.3 Å². The summed E-state index contributed by atoms with van der Waals surface area (Å²) in [4.78, 5) is 38.5. The maximum atomic E-state index is 13.5. The van der Waals surface area contributed by atoms with E-state index in [-0.39, 0.29) is 23.8 Å². The normalized spacial score (nSPS) is 17.5. The largest absolute Gasteiger partial charge is 0.439 e. The van der Waals surface area contributed by atoms with Gasteiger partial charge in [0.05, 0.1) is 18.3 Å². The molecule has 2 aliphatic rings. The number of ketones is 1. The van der Waals surface area contributed by atoms with E-state index in [1.807, 2.05) is 34.5 Å². The minimum Gasteiger partial charge on any atom is -0.439 e. The average molecular weight is 515 g/mol. The lowest BCUT2D eigenvalue weighted by Crippen LogP contribution is -2.31. The van der Waals surface area contributed by atoms with Gasteiger partial charge in [0.15, 0.2) is 5.65 Å². The maximum absolute atomic E-state index is 13.5. The van der Waals surface area contributed by atoms with E-state index in [2.05, 4.69) is 20.3 Å². The van der Waals surface area contributed by atoms with Crippen molar-refractivity contribution in [1.82, 2.24) is 24.1 Å². The number of hydrogen-bond acceptors (Lipinski definition) is 8. The molecular formula is C28H30N6O4. The number of rotatable bonds is 8. The predicted molar refractivity (Wildman–Crippen MR) is 142 cm³/mol. The van der Waals surface area contributed by atoms with Gasteiger partial charge < -0.3 is 19.4 Å². The predicted octanol–water partition coefficient (Wildman–Crippen LogP) is 4.42. The van der Waals surface area contributed by atoms with Crippen LogP contribution in [0.2, 0.25) is 0 Å². The van der Waals surface area contributed by atoms with Gasteiger partial charge >= 0.3 is 0 Å². The minimum absolute atomic E-state index is 0.0330. The molecule has 0 radical (unpaired) electrons. The molecule has 1 aliphatic heterocycles. The Kier molecular flexibility index (Phi) is 6.40. The van der Waals surface area contributed by atoms with E-state index in [1.165, 1.54) is 12.5 Å². The Morgan fingerprint density at radius 2 is 2.05 bits per heavy atom. The molecule has 38 heavy (non-hydrogen) atoms. The Morgan fingerprint density at radius 1 is 1.18 bits per heavy atom. The number of ether oxygens (including phenoxy) is 2. The highest BCUT2D eigenvalue weighted by Gasteiger charge is 2.27. The van der Waals surface area contributed by atoms with Crippen LogP contribution in [0.1, 0.15) is 55.8 Å². The van der Waals surface area contributed by atoms with Gasteiger partial charge in [0.1, 0.15) is 22.7 Å². The standard InChI is InChI=1S/C28H30N6O4/c1-17(35)12-20-14-22(9-10-29-20)38-25-8-7-23-26(32-25)33(2)28(30-23)31-24-13-19(18-5-6-18)15-34(27(24)36)21-4-3-11-37-16-21/h7-10,13-15,18,21H,3-6,11-12,16H2,1-2H3,(H,30,31). The van der Waals surface area contributed by atoms with Crippen LogP contribution in [0.15, 0.2) is 47.5 Å². The fraction of sp³-hybridized carbons (Fsp3) is 0.393. The first-order valence-corrected chi connectivity index (χ1v) is 13.0. The van der Waals surface area contributed by atoms with E-state index in [4.69, 9.17) is 9.47 Å². The van der Waals surface area contributed by atoms with E-state index in [9.17, 15) is 9.59 Å². The lowest BCUT2D eigenvalue weighted by Gasteiger charge is -2.25. The van der Waals surface area contributed by atoms with Crippen molar-refractivity contribution in [2.45, 2.75) is 51.0 Å². The lowest BCUT2D eigenvalue weighted by atomic mass is 10.1. The molecule has 5 heterocycles. The number of nitrogens with zero attached hydrogens (tertiary/aromatic N) is 5. The van der Waals surface area contributed by atoms with Crippen molar-refractivity contribution in [3.63, 3.8) is 0 Å². The number of fused-ring (bicyclic) bond motifs is 1. The summed E-state index contributed by atoms with van der Waals surface area (Å²) in [6.07, 6.45) is 8.05. The zero-order valence-electron chi connectivity index (χ0n) is 21.5. The number of aromatic nitrogens is 5. The van der Waals surface area contributed by atoms with Crippen LogP contribution in [0.4, 0.5) is 11.6 Å². The number of aryl methyl sites for hydroxylation is 1. The maximum Gasteiger partial charge on any atom is 0.274 e. The molecule has 1 atom stereocenters. The Morgan fingerprint density at radius 3 is 2.82 bits per heavy atom. The van der Waals surface area contributed by atoms with Gasteiger partial charge in [0, 0.05) is 44.6 Å². The van der Waals surface area contributed by atoms with Gasteiger partial charge in [0.25, 0.3) is 5.56 Å². The Labute approximate surface area is 219 Å². The van der Waals surface area contributed by atoms with Crippen LogP contribution in [-0.4, -0.2) is 43.1 Å². The zero-order valence-corrected chi connectivity index (χ0v) is 21.5. The highest BCUT2D eigenvalue weighted by Crippen LogP contribution is 2.41. The third-order valence-corrected chi connectivity index (χ3v) is 7.02. The van der Waals surface area contributed by atoms with Crippen molar-refractivity contribution in [2.75, 3.05) is 18.5 Å². The summed E-state index contributed by atoms with van der Waals surface area (Å²) < 4.78 is 15.3. The molecule has 1 aliphatic carbocycles. The number of imidazole rings is 1. The highest BCUT2D eigenvalue weighted by molar-refractivity contribution is 5.78. The van der Waals surface area contributed by atoms with Crippen LogP contribution in [0.5, 0.6) is 11.6 Å². The lowest BCUT2D eigenvalue weighted by molar-refractivity contribution is -0.116. The summed E-state index contributed by atoms with van der Waals surface area (Å²) in [6, 6.07) is 9.04. The van der Waals surface area contributed by atoms with Crippen molar-refractivity contribution < 1.29 is 14.3 Å². The van der Waals surface area contributed by atoms with E-state index in [0.717, 1.165) is 32.3 Å². The number of pyridine rings is 3. The van der Waals surface area contributed by atoms with Gasteiger partial charge in [-0.05, 0) is 62.3 Å². The number of nitrogens with one attached hydrogen (secondary N) is 1. The van der Waals surface area contributed by atoms with Gasteiger partial charge in [-0.1, -0.05) is 0 Å². The second-order valence-electron chi connectivity index (χ2n) is 10.1. The Bertz CT molecular complexity index is 1570. The van der Waals surface area contributed by atoms with Crippen LogP contribution in [0.25, 0.3) is 11.2 Å². The summed E-state index contributed by atoms with van der Waals surface area (Å²) in [7, 11) is 1.85. The summed E-state index contributed by atoms with van der Waals surface area (Å²) >= 11 is 0. The fourth-order valence-corrected chi connectivity index (χ4v) is 4.90. The average Bonchev–Trinajstić information content (AvgIpc) is 3.71. The van der Waals surface area contributed by atoms with Gasteiger partial charge in [-0.3, -0.25) is 19.1 Å². The molecule has 0 aromatic carbocycles. The molecule has 4 aromatic heterocycles. The minimum atomic E-state index is -0.0759. The molecule has 1 unspecified atom stereocenters. The van der Waals surface area contributed by atoms with E-state index in [0.29, 0.717) is 52.6 Å². The molecule has 6 rings (SSSR count). The van der Waals surface area contributed by atoms with E-state index >= 15 is 0 Å². The SMILES string of the molecule is CC(=O)Cc1cc(Oc2ccc3nc(Nc4cc(C5CC5)cn(C5CCCOC5)c4=O)n(C)c3n2)ccn1. The van der Waals surface area contributed by atoms with E-state index in [1.54, 1.807) is 24.4 Å². The third-order valence-electron chi connectivity index (χ3n) is 7.02. The van der Waals surface area contributed by atoms with Gasteiger partial charge in [-0.2, -0.15) is 4.98 Å². The first-order valence-electron chi connectivity index (χ1n) is 13.0. The molecule has 1 saturated carbocycles. The van der Waals surface area contributed by atoms with Gasteiger partial charge in [-0.25, -0.2) is 4.98 Å². The van der Waals surface area contributed by atoms with Crippen molar-refractivity contribution in [3.8, 4) is 11.6 Å². The molecule has 1 N–H and O–H groups in total. The van der Waals surface area contributed by atoms with Crippen molar-refractivity contribution >= 4 is 28.6 Å². The number of carbonyl (C=O) groups excluding carboxylic acids is 1. The molecule has 10 heteroatoms. The van der Waals surface area contributed by atoms with Crippen molar-refractivity contribution in [1.29, 1.82) is 0 Å². The molecule has 196 valence electrons. The number of anilines is 2. The third kappa shape index (κ3) is 5.04. The summed E-state index contributed by atoms with van der Waals surface area (Å²) in [5.74, 6) is 1.99. The first kappa shape index (κ1) is 24.3. The smallest absolute Gasteiger partial charge is 0.274 e. The topological polar surface area (TPSA) is 113 Å². The van der Waals surface area contributed by atoms with Gasteiger partial charge in [-0.15, -0.1) is 0 Å². The highest BCUT2D eigenvalue weighted by atomic mass is 16.5. The molecule has 10 nitrogen and oxygen atoms in total. The Hall–Kier alpha value is -4.05. The van der Waals surface area contributed by atoms with Gasteiger partial charge in [0.2, 0.25) is 11.8 Å². The van der Waals surface area contributed by atoms with Crippen LogP contribution in [0.3, 0.4) is 0 Å². The molecule has 4 aromatic rings. The van der Waals surface area contributed by atoms with Crippen LogP contribution < -0.4 is 15.6 Å². The number of hydrogen-bond donors (Lipinski definition) is 1. The number of carbonyl (C=O) groups is 1. The molecule has 0 amide bonds. The van der Waals surface area contributed by atoms with Crippen LogP contribution >= 0.6 is 0 Å². The zero-order chi connectivity index (χ0) is 26.2. The molecule has 0 spiro atoms. The summed E-state index contributed by atoms with van der Waals surface area (Å²) in [5, 5.41) is 3.28. The van der Waals surface area contributed by atoms with Crippen LogP contribution in [0, 0.1) is 0 Å². The summed E-state index contributed by atoms with van der Waals surface area (Å²) in [6.45, 7) is 2.83. The van der Waals surface area contributed by atoms with E-state index < -0.39 is 0 Å². The summed E-state index contributed by atoms with van der Waals surface area (Å²) in [5.41, 5.74) is 3.53. The Balaban J connectivity index is 1.29. The second-order valence-corrected chi connectivity index (χ2v) is 10.1. The molecule has 0 bridgehead atoms.